The number of aromatic nitrogens is 4. The van der Waals surface area contributed by atoms with Crippen molar-refractivity contribution in [1.29, 1.82) is 0 Å². The highest BCUT2D eigenvalue weighted by atomic mass is 35.5. The fourth-order valence-corrected chi connectivity index (χ4v) is 3.96. The molecule has 0 spiro atoms. The molecular weight excluding hydrogens is 437 g/mol. The molecule has 1 aliphatic rings. The summed E-state index contributed by atoms with van der Waals surface area (Å²) in [7, 11) is 3.32. The molecule has 31 heavy (non-hydrogen) atoms. The fourth-order valence-electron chi connectivity index (χ4n) is 3.33. The Morgan fingerprint density at radius 3 is 2.68 bits per heavy atom. The van der Waals surface area contributed by atoms with Crippen LogP contribution in [0.3, 0.4) is 0 Å². The van der Waals surface area contributed by atoms with E-state index in [9.17, 15) is 5.11 Å². The quantitative estimate of drug-likeness (QED) is 0.527. The van der Waals surface area contributed by atoms with Gasteiger partial charge in [-0.25, -0.2) is 15.0 Å². The van der Waals surface area contributed by atoms with Crippen molar-refractivity contribution in [3.8, 4) is 12.3 Å². The number of alkyl halides is 1. The number of aryl methyl sites for hydroxylation is 2. The predicted molar refractivity (Wildman–Crippen MR) is 122 cm³/mol. The zero-order valence-corrected chi connectivity index (χ0v) is 19.2. The Labute approximate surface area is 191 Å². The molecule has 3 rings (SSSR count). The summed E-state index contributed by atoms with van der Waals surface area (Å²) in [4.78, 5) is 16.1. The van der Waals surface area contributed by atoms with Gasteiger partial charge in [0.05, 0.1) is 36.8 Å². The molecule has 1 aliphatic heterocycles. The maximum absolute atomic E-state index is 11.9. The molecule has 1 unspecified atom stereocenters. The van der Waals surface area contributed by atoms with Gasteiger partial charge in [-0.3, -0.25) is 0 Å². The minimum Gasteiger partial charge on any atom is -0.481 e. The van der Waals surface area contributed by atoms with Gasteiger partial charge in [-0.2, -0.15) is 0 Å². The molecule has 2 aromatic heterocycles. The standard InChI is InChI=1S/C22H23Cl2N5O2/c1-6-15(7-8-16-9-18(24)17(10-23)21(28-16)31-5)22(30,19-11-25-13(2)27-19)20-12-26-14(3)29(20)4/h1,7-8,11-12,30H,9-10H2,2-5H3,(H,25,27)/b15-7+,16-8+. The van der Waals surface area contributed by atoms with Gasteiger partial charge in [-0.05, 0) is 26.0 Å². The van der Waals surface area contributed by atoms with Crippen LogP contribution in [0.1, 0.15) is 29.5 Å². The number of ether oxygens (including phenoxy) is 1. The van der Waals surface area contributed by atoms with Crippen molar-refractivity contribution < 1.29 is 9.84 Å². The van der Waals surface area contributed by atoms with E-state index in [1.807, 2.05) is 14.0 Å². The number of nitrogens with zero attached hydrogens (tertiary/aromatic N) is 4. The molecule has 1 atom stereocenters. The molecule has 9 heteroatoms. The SMILES string of the molecule is C#C/C(=C\C=C1/CC(Cl)=C(CCl)C(OC)=N1)C(O)(c1cnc(C)[nH]1)c1cnc(C)n1C. The van der Waals surface area contributed by atoms with Crippen molar-refractivity contribution in [3.63, 3.8) is 0 Å². The van der Waals surface area contributed by atoms with E-state index in [-0.39, 0.29) is 11.5 Å². The highest BCUT2D eigenvalue weighted by Gasteiger charge is 2.40. The number of nitrogens with one attached hydrogen (secondary N) is 1. The van der Waals surface area contributed by atoms with E-state index < -0.39 is 5.60 Å². The third-order valence-corrected chi connectivity index (χ3v) is 5.79. The average Bonchev–Trinajstić information content (AvgIpc) is 3.33. The molecule has 0 saturated carbocycles. The molecule has 0 aliphatic carbocycles. The minimum absolute atomic E-state index is 0.197. The Hall–Kier alpha value is -2.79. The van der Waals surface area contributed by atoms with Crippen LogP contribution in [0.4, 0.5) is 0 Å². The zero-order valence-electron chi connectivity index (χ0n) is 17.7. The van der Waals surface area contributed by atoms with Crippen LogP contribution in [0.2, 0.25) is 0 Å². The Morgan fingerprint density at radius 1 is 1.42 bits per heavy atom. The van der Waals surface area contributed by atoms with E-state index in [4.69, 9.17) is 34.4 Å². The largest absolute Gasteiger partial charge is 0.481 e. The van der Waals surface area contributed by atoms with Crippen LogP contribution < -0.4 is 0 Å². The van der Waals surface area contributed by atoms with Crippen molar-refractivity contribution >= 4 is 29.1 Å². The third kappa shape index (κ3) is 4.19. The lowest BCUT2D eigenvalue weighted by Crippen LogP contribution is -2.32. The number of allylic oxidation sites excluding steroid dienone is 3. The number of aliphatic imine (C=N–C) groups is 1. The normalized spacial score (nSPS) is 18.1. The van der Waals surface area contributed by atoms with Gasteiger partial charge >= 0.3 is 0 Å². The molecule has 0 amide bonds. The third-order valence-electron chi connectivity index (χ3n) is 5.17. The number of hydrogen-bond donors (Lipinski definition) is 2. The molecule has 0 radical (unpaired) electrons. The molecular formula is C22H23Cl2N5O2. The number of dihydropyridines is 1. The fraction of sp³-hybridized carbons (Fsp3) is 0.318. The van der Waals surface area contributed by atoms with Crippen molar-refractivity contribution in [2.75, 3.05) is 13.0 Å². The predicted octanol–water partition coefficient (Wildman–Crippen LogP) is 3.62. The molecule has 0 fully saturated rings. The van der Waals surface area contributed by atoms with Crippen LogP contribution in [-0.4, -0.2) is 43.5 Å². The summed E-state index contributed by atoms with van der Waals surface area (Å²) >= 11 is 12.3. The summed E-state index contributed by atoms with van der Waals surface area (Å²) in [5.74, 6) is 4.54. The Bertz CT molecular complexity index is 1160. The first-order chi connectivity index (χ1) is 14.8. The van der Waals surface area contributed by atoms with Crippen molar-refractivity contribution in [2.24, 2.45) is 12.0 Å². The number of aromatic amines is 1. The van der Waals surface area contributed by atoms with Gasteiger partial charge in [0.1, 0.15) is 11.6 Å². The first-order valence-corrected chi connectivity index (χ1v) is 10.3. The number of terminal acetylenes is 1. The summed E-state index contributed by atoms with van der Waals surface area (Å²) in [5.41, 5.74) is 0.814. The van der Waals surface area contributed by atoms with Crippen LogP contribution in [-0.2, 0) is 17.4 Å². The van der Waals surface area contributed by atoms with Crippen LogP contribution in [0.5, 0.6) is 0 Å². The first kappa shape index (κ1) is 22.9. The highest BCUT2D eigenvalue weighted by molar-refractivity contribution is 6.34. The number of imidazole rings is 2. The van der Waals surface area contributed by atoms with E-state index in [0.717, 1.165) is 5.82 Å². The summed E-state index contributed by atoms with van der Waals surface area (Å²) < 4.78 is 7.08. The van der Waals surface area contributed by atoms with Crippen LogP contribution >= 0.6 is 23.2 Å². The second-order valence-electron chi connectivity index (χ2n) is 7.04. The molecule has 0 bridgehead atoms. The van der Waals surface area contributed by atoms with E-state index in [1.165, 1.54) is 7.11 Å². The number of aliphatic hydroxyl groups is 1. The smallest absolute Gasteiger partial charge is 0.218 e. The van der Waals surface area contributed by atoms with Crippen molar-refractivity contribution in [2.45, 2.75) is 25.9 Å². The minimum atomic E-state index is -1.67. The van der Waals surface area contributed by atoms with E-state index >= 15 is 0 Å². The lowest BCUT2D eigenvalue weighted by Gasteiger charge is -2.27. The topological polar surface area (TPSA) is 88.3 Å². The first-order valence-electron chi connectivity index (χ1n) is 9.43. The summed E-state index contributed by atoms with van der Waals surface area (Å²) in [5, 5.41) is 12.4. The zero-order chi connectivity index (χ0) is 22.8. The molecule has 2 aromatic rings. The molecule has 7 nitrogen and oxygen atoms in total. The molecule has 2 N–H and O–H groups in total. The number of H-pyrrole nitrogens is 1. The molecule has 0 saturated heterocycles. The number of rotatable bonds is 5. The van der Waals surface area contributed by atoms with Gasteiger partial charge in [0.2, 0.25) is 5.90 Å². The second-order valence-corrected chi connectivity index (χ2v) is 7.76. The van der Waals surface area contributed by atoms with Crippen molar-refractivity contribution in [1.82, 2.24) is 19.5 Å². The van der Waals surface area contributed by atoms with Crippen LogP contribution in [0.25, 0.3) is 0 Å². The Morgan fingerprint density at radius 2 is 2.16 bits per heavy atom. The van der Waals surface area contributed by atoms with E-state index in [1.54, 1.807) is 36.0 Å². The van der Waals surface area contributed by atoms with Gasteiger partial charge in [0.15, 0.2) is 5.60 Å². The van der Waals surface area contributed by atoms with Gasteiger partial charge in [0, 0.05) is 35.3 Å². The molecule has 0 aromatic carbocycles. The van der Waals surface area contributed by atoms with Crippen molar-refractivity contribution in [3.05, 3.63) is 69.5 Å². The summed E-state index contributed by atoms with van der Waals surface area (Å²) in [6, 6.07) is 0. The van der Waals surface area contributed by atoms with Gasteiger partial charge in [0.25, 0.3) is 0 Å². The van der Waals surface area contributed by atoms with Gasteiger partial charge in [-0.15, -0.1) is 18.0 Å². The average molecular weight is 460 g/mol. The maximum Gasteiger partial charge on any atom is 0.218 e. The van der Waals surface area contributed by atoms with E-state index in [2.05, 4.69) is 25.9 Å². The summed E-state index contributed by atoms with van der Waals surface area (Å²) in [6.45, 7) is 3.64. The molecule has 3 heterocycles. The second kappa shape index (κ2) is 9.15. The highest BCUT2D eigenvalue weighted by Crippen LogP contribution is 2.36. The monoisotopic (exact) mass is 459 g/mol. The Balaban J connectivity index is 2.13. The Kier molecular flexibility index (Phi) is 6.75. The number of halogens is 2. The van der Waals surface area contributed by atoms with Gasteiger partial charge in [-0.1, -0.05) is 17.5 Å². The van der Waals surface area contributed by atoms with Gasteiger partial charge < -0.3 is 19.4 Å². The number of methoxy groups -OCH3 is 1. The maximum atomic E-state index is 11.9. The molecule has 162 valence electrons. The van der Waals surface area contributed by atoms with Crippen LogP contribution in [0, 0.1) is 26.2 Å². The lowest BCUT2D eigenvalue weighted by molar-refractivity contribution is 0.113. The number of hydrogen-bond acceptors (Lipinski definition) is 5. The van der Waals surface area contributed by atoms with E-state index in [0.29, 0.717) is 45.8 Å². The van der Waals surface area contributed by atoms with Crippen LogP contribution in [0.15, 0.2) is 51.4 Å². The lowest BCUT2D eigenvalue weighted by atomic mass is 9.87. The summed E-state index contributed by atoms with van der Waals surface area (Å²) in [6.07, 6.45) is 12.7.